The molecule has 0 radical (unpaired) electrons. The molecule has 1 aromatic rings. The lowest BCUT2D eigenvalue weighted by atomic mass is 9.92. The van der Waals surface area contributed by atoms with Gasteiger partial charge in [0.15, 0.2) is 0 Å². The third kappa shape index (κ3) is 3.12. The second kappa shape index (κ2) is 5.41. The normalized spacial score (nSPS) is 29.4. The number of likely N-dealkylation sites (tertiary alicyclic amines) is 1. The number of hydrogen-bond donors (Lipinski definition) is 1. The molecule has 2 N–H and O–H groups in total. The molecule has 0 amide bonds. The van der Waals surface area contributed by atoms with E-state index in [1.54, 1.807) is 0 Å². The summed E-state index contributed by atoms with van der Waals surface area (Å²) >= 11 is 0. The van der Waals surface area contributed by atoms with E-state index in [0.717, 1.165) is 5.92 Å². The van der Waals surface area contributed by atoms with Crippen LogP contribution in [-0.4, -0.2) is 30.1 Å². The van der Waals surface area contributed by atoms with E-state index in [9.17, 15) is 0 Å². The molecule has 2 fully saturated rings. The molecule has 2 nitrogen and oxygen atoms in total. The van der Waals surface area contributed by atoms with Crippen molar-refractivity contribution in [3.63, 3.8) is 0 Å². The van der Waals surface area contributed by atoms with Crippen LogP contribution >= 0.6 is 0 Å². The molecule has 2 aliphatic rings. The van der Waals surface area contributed by atoms with Crippen molar-refractivity contribution in [2.24, 2.45) is 11.7 Å². The molecule has 1 heterocycles. The van der Waals surface area contributed by atoms with Crippen LogP contribution in [-0.2, 0) is 6.42 Å². The zero-order chi connectivity index (χ0) is 12.4. The Labute approximate surface area is 110 Å². The second-order valence-corrected chi connectivity index (χ2v) is 6.07. The van der Waals surface area contributed by atoms with E-state index in [1.807, 2.05) is 0 Å². The highest BCUT2D eigenvalue weighted by molar-refractivity contribution is 5.16. The molecular formula is C16H24N2. The summed E-state index contributed by atoms with van der Waals surface area (Å²) in [5, 5.41) is 0. The first-order valence-electron chi connectivity index (χ1n) is 7.35. The van der Waals surface area contributed by atoms with Crippen LogP contribution in [0.3, 0.4) is 0 Å². The molecule has 3 rings (SSSR count). The first-order valence-corrected chi connectivity index (χ1v) is 7.35. The SMILES string of the molecule is NC1CCN(CC2CC2)C(Cc2ccccc2)C1. The highest BCUT2D eigenvalue weighted by atomic mass is 15.2. The van der Waals surface area contributed by atoms with Gasteiger partial charge in [0.2, 0.25) is 0 Å². The zero-order valence-electron chi connectivity index (χ0n) is 11.1. The zero-order valence-corrected chi connectivity index (χ0v) is 11.1. The number of piperidine rings is 1. The van der Waals surface area contributed by atoms with E-state index in [4.69, 9.17) is 5.73 Å². The molecule has 0 aromatic heterocycles. The predicted molar refractivity (Wildman–Crippen MR) is 75.4 cm³/mol. The first-order chi connectivity index (χ1) is 8.81. The second-order valence-electron chi connectivity index (χ2n) is 6.07. The largest absolute Gasteiger partial charge is 0.328 e. The van der Waals surface area contributed by atoms with Gasteiger partial charge in [-0.3, -0.25) is 4.90 Å². The smallest absolute Gasteiger partial charge is 0.0150 e. The summed E-state index contributed by atoms with van der Waals surface area (Å²) in [6.07, 6.45) is 6.40. The topological polar surface area (TPSA) is 29.3 Å². The van der Waals surface area contributed by atoms with E-state index in [2.05, 4.69) is 35.2 Å². The fourth-order valence-corrected chi connectivity index (χ4v) is 3.10. The van der Waals surface area contributed by atoms with Crippen LogP contribution in [0.25, 0.3) is 0 Å². The molecule has 2 heteroatoms. The minimum absolute atomic E-state index is 0.411. The first kappa shape index (κ1) is 12.2. The minimum atomic E-state index is 0.411. The van der Waals surface area contributed by atoms with Crippen molar-refractivity contribution >= 4 is 0 Å². The maximum atomic E-state index is 6.16. The Kier molecular flexibility index (Phi) is 3.67. The Morgan fingerprint density at radius 2 is 1.89 bits per heavy atom. The van der Waals surface area contributed by atoms with Crippen molar-refractivity contribution in [3.05, 3.63) is 35.9 Å². The van der Waals surface area contributed by atoms with Gasteiger partial charge >= 0.3 is 0 Å². The average molecular weight is 244 g/mol. The highest BCUT2D eigenvalue weighted by Gasteiger charge is 2.31. The third-order valence-corrected chi connectivity index (χ3v) is 4.38. The number of nitrogens with zero attached hydrogens (tertiary/aromatic N) is 1. The van der Waals surface area contributed by atoms with Gasteiger partial charge in [-0.15, -0.1) is 0 Å². The van der Waals surface area contributed by atoms with Gasteiger partial charge in [-0.05, 0) is 50.1 Å². The van der Waals surface area contributed by atoms with Crippen molar-refractivity contribution in [1.82, 2.24) is 4.90 Å². The summed E-state index contributed by atoms with van der Waals surface area (Å²) in [6.45, 7) is 2.51. The summed E-state index contributed by atoms with van der Waals surface area (Å²) < 4.78 is 0. The van der Waals surface area contributed by atoms with Crippen LogP contribution in [0.5, 0.6) is 0 Å². The van der Waals surface area contributed by atoms with E-state index in [-0.39, 0.29) is 0 Å². The lowest BCUT2D eigenvalue weighted by Gasteiger charge is -2.38. The maximum Gasteiger partial charge on any atom is 0.0150 e. The van der Waals surface area contributed by atoms with Gasteiger partial charge < -0.3 is 5.73 Å². The summed E-state index contributed by atoms with van der Waals surface area (Å²) in [6, 6.07) is 11.9. The molecular weight excluding hydrogens is 220 g/mol. The average Bonchev–Trinajstić information content (AvgIpc) is 3.18. The molecule has 1 aromatic carbocycles. The van der Waals surface area contributed by atoms with Crippen molar-refractivity contribution in [2.45, 2.75) is 44.2 Å². The number of benzene rings is 1. The monoisotopic (exact) mass is 244 g/mol. The van der Waals surface area contributed by atoms with Crippen LogP contribution in [0.2, 0.25) is 0 Å². The minimum Gasteiger partial charge on any atom is -0.328 e. The van der Waals surface area contributed by atoms with Crippen LogP contribution in [0.4, 0.5) is 0 Å². The van der Waals surface area contributed by atoms with Gasteiger partial charge in [0.05, 0.1) is 0 Å². The maximum absolute atomic E-state index is 6.16. The van der Waals surface area contributed by atoms with E-state index in [1.165, 1.54) is 50.8 Å². The molecule has 2 atom stereocenters. The van der Waals surface area contributed by atoms with Crippen LogP contribution in [0.15, 0.2) is 30.3 Å². The molecule has 0 spiro atoms. The summed E-state index contributed by atoms with van der Waals surface area (Å²) in [5.41, 5.74) is 7.62. The van der Waals surface area contributed by atoms with Gasteiger partial charge in [0.25, 0.3) is 0 Å². The predicted octanol–water partition coefficient (Wildman–Crippen LogP) is 2.43. The molecule has 1 aliphatic carbocycles. The third-order valence-electron chi connectivity index (χ3n) is 4.38. The van der Waals surface area contributed by atoms with Gasteiger partial charge in [-0.2, -0.15) is 0 Å². The quantitative estimate of drug-likeness (QED) is 0.881. The van der Waals surface area contributed by atoms with E-state index in [0.29, 0.717) is 12.1 Å². The lowest BCUT2D eigenvalue weighted by Crippen LogP contribution is -2.48. The van der Waals surface area contributed by atoms with E-state index >= 15 is 0 Å². The van der Waals surface area contributed by atoms with Crippen molar-refractivity contribution in [2.75, 3.05) is 13.1 Å². The van der Waals surface area contributed by atoms with Gasteiger partial charge in [0, 0.05) is 18.6 Å². The van der Waals surface area contributed by atoms with Crippen LogP contribution < -0.4 is 5.73 Å². The number of hydrogen-bond acceptors (Lipinski definition) is 2. The Morgan fingerprint density at radius 1 is 1.11 bits per heavy atom. The molecule has 2 unspecified atom stereocenters. The summed E-state index contributed by atoms with van der Waals surface area (Å²) in [5.74, 6) is 0.984. The lowest BCUT2D eigenvalue weighted by molar-refractivity contribution is 0.129. The van der Waals surface area contributed by atoms with Crippen molar-refractivity contribution < 1.29 is 0 Å². The fraction of sp³-hybridized carbons (Fsp3) is 0.625. The van der Waals surface area contributed by atoms with Crippen molar-refractivity contribution in [3.8, 4) is 0 Å². The standard InChI is InChI=1S/C16H24N2/c17-15-8-9-18(12-14-6-7-14)16(11-15)10-13-4-2-1-3-5-13/h1-5,14-16H,6-12,17H2. The van der Waals surface area contributed by atoms with Crippen LogP contribution in [0, 0.1) is 5.92 Å². The number of nitrogens with two attached hydrogens (primary N) is 1. The number of rotatable bonds is 4. The van der Waals surface area contributed by atoms with Gasteiger partial charge in [-0.1, -0.05) is 30.3 Å². The molecule has 98 valence electrons. The van der Waals surface area contributed by atoms with Gasteiger partial charge in [-0.25, -0.2) is 0 Å². The van der Waals surface area contributed by atoms with Gasteiger partial charge in [0.1, 0.15) is 0 Å². The Morgan fingerprint density at radius 3 is 2.61 bits per heavy atom. The molecule has 1 aliphatic heterocycles. The molecule has 1 saturated carbocycles. The fourth-order valence-electron chi connectivity index (χ4n) is 3.10. The van der Waals surface area contributed by atoms with Crippen LogP contribution in [0.1, 0.15) is 31.2 Å². The highest BCUT2D eigenvalue weighted by Crippen LogP contribution is 2.32. The summed E-state index contributed by atoms with van der Waals surface area (Å²) in [4.78, 5) is 2.70. The molecule has 0 bridgehead atoms. The Bertz CT molecular complexity index is 372. The molecule has 18 heavy (non-hydrogen) atoms. The Hall–Kier alpha value is -0.860. The summed E-state index contributed by atoms with van der Waals surface area (Å²) in [7, 11) is 0. The van der Waals surface area contributed by atoms with E-state index < -0.39 is 0 Å². The van der Waals surface area contributed by atoms with Crippen molar-refractivity contribution in [1.29, 1.82) is 0 Å². The molecule has 1 saturated heterocycles. The Balaban J connectivity index is 1.65.